The summed E-state index contributed by atoms with van der Waals surface area (Å²) in [4.78, 5) is 20.1. The third-order valence-electron chi connectivity index (χ3n) is 4.89. The van der Waals surface area contributed by atoms with E-state index in [0.29, 0.717) is 12.8 Å². The van der Waals surface area contributed by atoms with E-state index >= 15 is 0 Å². The van der Waals surface area contributed by atoms with E-state index in [-0.39, 0.29) is 17.8 Å². The smallest absolute Gasteiger partial charge is 0.220 e. The fourth-order valence-corrected chi connectivity index (χ4v) is 3.50. The van der Waals surface area contributed by atoms with Crippen molar-refractivity contribution in [2.24, 2.45) is 7.05 Å². The van der Waals surface area contributed by atoms with Crippen LogP contribution in [0.2, 0.25) is 0 Å². The molecule has 0 saturated carbocycles. The fraction of sp³-hybridized carbons (Fsp3) is 0.238. The Morgan fingerprint density at radius 1 is 1.26 bits per heavy atom. The molecule has 4 rings (SSSR count). The lowest BCUT2D eigenvalue weighted by Gasteiger charge is -2.15. The maximum absolute atomic E-state index is 13.4. The van der Waals surface area contributed by atoms with Gasteiger partial charge in [0.1, 0.15) is 11.6 Å². The minimum atomic E-state index is -0.262. The number of aryl methyl sites for hydroxylation is 2. The summed E-state index contributed by atoms with van der Waals surface area (Å²) in [6.07, 6.45) is 0.899. The Labute approximate surface area is 156 Å². The maximum atomic E-state index is 13.4. The number of carbonyl (C=O) groups is 1. The second kappa shape index (κ2) is 6.87. The van der Waals surface area contributed by atoms with E-state index in [9.17, 15) is 9.18 Å². The Bertz CT molecular complexity index is 1090. The van der Waals surface area contributed by atoms with E-state index in [1.54, 1.807) is 6.07 Å². The van der Waals surface area contributed by atoms with Gasteiger partial charge in [0.05, 0.1) is 17.1 Å². The summed E-state index contributed by atoms with van der Waals surface area (Å²) < 4.78 is 15.4. The largest absolute Gasteiger partial charge is 0.348 e. The highest BCUT2D eigenvalue weighted by Crippen LogP contribution is 2.24. The molecule has 0 spiro atoms. The molecule has 0 fully saturated rings. The molecule has 2 heterocycles. The van der Waals surface area contributed by atoms with Gasteiger partial charge in [-0.15, -0.1) is 0 Å². The van der Waals surface area contributed by atoms with Gasteiger partial charge in [-0.2, -0.15) is 0 Å². The number of aromatic nitrogens is 3. The van der Waals surface area contributed by atoms with Gasteiger partial charge in [0.2, 0.25) is 5.91 Å². The first-order chi connectivity index (χ1) is 13.0. The number of nitrogens with zero attached hydrogens (tertiary/aromatic N) is 2. The lowest BCUT2D eigenvalue weighted by Crippen LogP contribution is -2.28. The van der Waals surface area contributed by atoms with Gasteiger partial charge >= 0.3 is 0 Å². The highest BCUT2D eigenvalue weighted by atomic mass is 19.1. The molecule has 0 radical (unpaired) electrons. The molecule has 1 unspecified atom stereocenters. The molecular formula is C21H21FN4O. The Hall–Kier alpha value is -3.15. The summed E-state index contributed by atoms with van der Waals surface area (Å²) in [5.74, 6) is 0.501. The van der Waals surface area contributed by atoms with Crippen molar-refractivity contribution in [1.82, 2.24) is 19.9 Å². The average Bonchev–Trinajstić information content (AvgIpc) is 3.20. The van der Waals surface area contributed by atoms with Crippen LogP contribution in [0.3, 0.4) is 0 Å². The summed E-state index contributed by atoms with van der Waals surface area (Å²) in [6, 6.07) is 14.3. The van der Waals surface area contributed by atoms with Crippen LogP contribution in [0.25, 0.3) is 21.9 Å². The zero-order valence-corrected chi connectivity index (χ0v) is 15.3. The normalized spacial score (nSPS) is 12.6. The Morgan fingerprint density at radius 3 is 2.89 bits per heavy atom. The van der Waals surface area contributed by atoms with Crippen molar-refractivity contribution in [3.05, 3.63) is 65.9 Å². The van der Waals surface area contributed by atoms with Crippen molar-refractivity contribution in [1.29, 1.82) is 0 Å². The maximum Gasteiger partial charge on any atom is 0.220 e. The van der Waals surface area contributed by atoms with Crippen molar-refractivity contribution in [3.63, 3.8) is 0 Å². The van der Waals surface area contributed by atoms with Gasteiger partial charge in [-0.3, -0.25) is 4.79 Å². The van der Waals surface area contributed by atoms with Crippen molar-refractivity contribution in [3.8, 4) is 0 Å². The number of carbonyl (C=O) groups excluding carboxylic acids is 1. The van der Waals surface area contributed by atoms with Crippen LogP contribution in [0.4, 0.5) is 4.39 Å². The molecule has 138 valence electrons. The van der Waals surface area contributed by atoms with Gasteiger partial charge < -0.3 is 14.9 Å². The lowest BCUT2D eigenvalue weighted by molar-refractivity contribution is -0.121. The first kappa shape index (κ1) is 17.3. The fourth-order valence-electron chi connectivity index (χ4n) is 3.50. The van der Waals surface area contributed by atoms with Crippen LogP contribution in [0.1, 0.15) is 30.9 Å². The molecule has 6 heteroatoms. The number of H-pyrrole nitrogens is 1. The van der Waals surface area contributed by atoms with E-state index in [1.807, 2.05) is 48.9 Å². The molecular weight excluding hydrogens is 343 g/mol. The van der Waals surface area contributed by atoms with E-state index in [2.05, 4.69) is 15.3 Å². The van der Waals surface area contributed by atoms with Gasteiger partial charge in [0.25, 0.3) is 0 Å². The molecule has 0 aliphatic carbocycles. The summed E-state index contributed by atoms with van der Waals surface area (Å²) in [6.45, 7) is 1.93. The van der Waals surface area contributed by atoms with Crippen LogP contribution in [-0.4, -0.2) is 20.4 Å². The standard InChI is InChI=1S/C21H21FN4O/c1-13(19-12-14-11-15(22)7-8-18(14)26(19)2)23-21(27)10-9-20-24-16-5-3-4-6-17(16)25-20/h3-8,11-13H,9-10H2,1-2H3,(H,23,27)(H,24,25). The monoisotopic (exact) mass is 364 g/mol. The van der Waals surface area contributed by atoms with E-state index in [0.717, 1.165) is 33.5 Å². The second-order valence-corrected chi connectivity index (χ2v) is 6.82. The van der Waals surface area contributed by atoms with Crippen LogP contribution in [-0.2, 0) is 18.3 Å². The minimum Gasteiger partial charge on any atom is -0.348 e. The number of hydrogen-bond donors (Lipinski definition) is 2. The third kappa shape index (κ3) is 3.43. The highest BCUT2D eigenvalue weighted by molar-refractivity contribution is 5.82. The zero-order chi connectivity index (χ0) is 19.0. The Kier molecular flexibility index (Phi) is 4.39. The molecule has 0 saturated heterocycles. The van der Waals surface area contributed by atoms with Gasteiger partial charge in [0.15, 0.2) is 0 Å². The molecule has 27 heavy (non-hydrogen) atoms. The van der Waals surface area contributed by atoms with Crippen LogP contribution in [0.15, 0.2) is 48.5 Å². The summed E-state index contributed by atoms with van der Waals surface area (Å²) in [7, 11) is 1.92. The third-order valence-corrected chi connectivity index (χ3v) is 4.89. The van der Waals surface area contributed by atoms with Crippen LogP contribution in [0.5, 0.6) is 0 Å². The molecule has 1 amide bonds. The molecule has 0 aliphatic rings. The molecule has 0 bridgehead atoms. The number of aromatic amines is 1. The predicted octanol–water partition coefficient (Wildman–Crippen LogP) is 4.00. The topological polar surface area (TPSA) is 62.7 Å². The summed E-state index contributed by atoms with van der Waals surface area (Å²) >= 11 is 0. The molecule has 2 aromatic heterocycles. The van der Waals surface area contributed by atoms with Crippen molar-refractivity contribution < 1.29 is 9.18 Å². The van der Waals surface area contributed by atoms with Crippen LogP contribution in [0, 0.1) is 5.82 Å². The van der Waals surface area contributed by atoms with Crippen LogP contribution < -0.4 is 5.32 Å². The van der Waals surface area contributed by atoms with Gasteiger partial charge in [-0.05, 0) is 43.3 Å². The summed E-state index contributed by atoms with van der Waals surface area (Å²) in [5.41, 5.74) is 3.76. The molecule has 4 aromatic rings. The zero-order valence-electron chi connectivity index (χ0n) is 15.3. The van der Waals surface area contributed by atoms with Gasteiger partial charge in [0, 0.05) is 36.5 Å². The quantitative estimate of drug-likeness (QED) is 0.562. The SMILES string of the molecule is CC(NC(=O)CCc1nc2ccccc2[nH]1)c1cc2cc(F)ccc2n1C. The van der Waals surface area contributed by atoms with Gasteiger partial charge in [-0.25, -0.2) is 9.37 Å². The van der Waals surface area contributed by atoms with Gasteiger partial charge in [-0.1, -0.05) is 12.1 Å². The number of benzene rings is 2. The van der Waals surface area contributed by atoms with Crippen molar-refractivity contribution in [2.75, 3.05) is 0 Å². The van der Waals surface area contributed by atoms with Crippen LogP contribution >= 0.6 is 0 Å². The number of nitrogens with one attached hydrogen (secondary N) is 2. The number of hydrogen-bond acceptors (Lipinski definition) is 2. The first-order valence-electron chi connectivity index (χ1n) is 8.99. The van der Waals surface area contributed by atoms with Crippen molar-refractivity contribution >= 4 is 27.8 Å². The molecule has 1 atom stereocenters. The average molecular weight is 364 g/mol. The molecule has 2 aromatic carbocycles. The number of amides is 1. The number of fused-ring (bicyclic) bond motifs is 2. The minimum absolute atomic E-state index is 0.0422. The second-order valence-electron chi connectivity index (χ2n) is 6.82. The Balaban J connectivity index is 1.42. The summed E-state index contributed by atoms with van der Waals surface area (Å²) in [5, 5.41) is 3.85. The Morgan fingerprint density at radius 2 is 2.07 bits per heavy atom. The van der Waals surface area contributed by atoms with E-state index in [1.165, 1.54) is 12.1 Å². The lowest BCUT2D eigenvalue weighted by atomic mass is 10.2. The molecule has 2 N–H and O–H groups in total. The highest BCUT2D eigenvalue weighted by Gasteiger charge is 2.15. The van der Waals surface area contributed by atoms with E-state index in [4.69, 9.17) is 0 Å². The van der Waals surface area contributed by atoms with E-state index < -0.39 is 0 Å². The number of rotatable bonds is 5. The first-order valence-corrected chi connectivity index (χ1v) is 8.99. The molecule has 5 nitrogen and oxygen atoms in total. The van der Waals surface area contributed by atoms with Crippen molar-refractivity contribution in [2.45, 2.75) is 25.8 Å². The predicted molar refractivity (Wildman–Crippen MR) is 104 cm³/mol. The number of halogens is 1. The number of para-hydroxylation sites is 2. The number of imidazole rings is 1. The molecule has 0 aliphatic heterocycles.